The Morgan fingerprint density at radius 3 is 2.52 bits per heavy atom. The summed E-state index contributed by atoms with van der Waals surface area (Å²) in [5.41, 5.74) is -1.17. The predicted molar refractivity (Wildman–Crippen MR) is 111 cm³/mol. The number of carboxylic acid groups (broad SMARTS) is 1. The Hall–Kier alpha value is -3.94. The Labute approximate surface area is 189 Å². The molecule has 4 amide bonds. The van der Waals surface area contributed by atoms with E-state index in [-0.39, 0.29) is 38.1 Å². The molecule has 1 aromatic rings. The lowest BCUT2D eigenvalue weighted by atomic mass is 10.0. The van der Waals surface area contributed by atoms with Crippen molar-refractivity contribution in [2.75, 3.05) is 6.54 Å². The minimum absolute atomic E-state index is 0.0134. The molecule has 3 N–H and O–H groups in total. The summed E-state index contributed by atoms with van der Waals surface area (Å²) in [5, 5.41) is 26.1. The van der Waals surface area contributed by atoms with Crippen LogP contribution in [0, 0.1) is 17.2 Å². The molecular formula is C22H23N5O6. The molecule has 2 saturated heterocycles. The number of hydrogen-bond donors (Lipinski definition) is 3. The number of benzene rings is 1. The molecule has 4 atom stereocenters. The summed E-state index contributed by atoms with van der Waals surface area (Å²) in [7, 11) is 0. The highest BCUT2D eigenvalue weighted by Gasteiger charge is 2.61. The van der Waals surface area contributed by atoms with Crippen LogP contribution in [0.3, 0.4) is 0 Å². The second-order valence-electron chi connectivity index (χ2n) is 8.46. The number of rotatable bonds is 5. The van der Waals surface area contributed by atoms with Crippen LogP contribution >= 0.6 is 0 Å². The maximum absolute atomic E-state index is 13.4. The Balaban J connectivity index is 1.55. The quantitative estimate of drug-likeness (QED) is 0.556. The number of hydrogen-bond acceptors (Lipinski definition) is 6. The van der Waals surface area contributed by atoms with Gasteiger partial charge in [-0.1, -0.05) is 18.2 Å². The zero-order valence-electron chi connectivity index (χ0n) is 17.7. The summed E-state index contributed by atoms with van der Waals surface area (Å²) in [4.78, 5) is 63.1. The molecule has 0 spiro atoms. The van der Waals surface area contributed by atoms with E-state index in [0.717, 1.165) is 5.01 Å². The van der Waals surface area contributed by atoms with Gasteiger partial charge in [0.25, 0.3) is 11.8 Å². The number of nitrogens with one attached hydrogen (secondary N) is 2. The number of carbonyl (C=O) groups is 5. The van der Waals surface area contributed by atoms with Gasteiger partial charge in [-0.3, -0.25) is 29.0 Å². The molecule has 172 valence electrons. The van der Waals surface area contributed by atoms with Crippen LogP contribution in [-0.2, 0) is 19.2 Å². The van der Waals surface area contributed by atoms with Crippen molar-refractivity contribution in [1.29, 1.82) is 5.26 Å². The highest BCUT2D eigenvalue weighted by atomic mass is 16.4. The summed E-state index contributed by atoms with van der Waals surface area (Å²) in [6.07, 6.45) is 0.764. The number of fused-ring (bicyclic) bond motifs is 1. The van der Waals surface area contributed by atoms with Gasteiger partial charge >= 0.3 is 5.97 Å². The number of carboxylic acids is 1. The standard InChI is InChI=1S/C22H23N5O6/c23-12-22(11-14(22)21(32)33)25-19(30)16-7-4-10-26-17(28)9-8-15(20(31)27(16)26)24-18(29)13-5-2-1-3-6-13/h1-3,5-6,14-16H,4,7-11H2,(H,24,29)(H,25,30)(H,32,33)/t14-,15-,16-,22?/m0/s1. The largest absolute Gasteiger partial charge is 0.481 e. The van der Waals surface area contributed by atoms with Crippen LogP contribution in [0.25, 0.3) is 0 Å². The molecule has 2 aliphatic heterocycles. The number of nitrogens with zero attached hydrogens (tertiary/aromatic N) is 3. The third-order valence-corrected chi connectivity index (χ3v) is 6.31. The minimum Gasteiger partial charge on any atom is -0.481 e. The van der Waals surface area contributed by atoms with E-state index in [0.29, 0.717) is 12.0 Å². The zero-order valence-corrected chi connectivity index (χ0v) is 17.7. The second kappa shape index (κ2) is 8.54. The van der Waals surface area contributed by atoms with Gasteiger partial charge in [0, 0.05) is 24.9 Å². The fourth-order valence-electron chi connectivity index (χ4n) is 4.39. The van der Waals surface area contributed by atoms with E-state index in [1.165, 1.54) is 5.01 Å². The molecular weight excluding hydrogens is 430 g/mol. The van der Waals surface area contributed by atoms with Crippen molar-refractivity contribution in [3.63, 3.8) is 0 Å². The molecule has 33 heavy (non-hydrogen) atoms. The van der Waals surface area contributed by atoms with Gasteiger partial charge in [0.2, 0.25) is 11.8 Å². The molecule has 2 heterocycles. The van der Waals surface area contributed by atoms with Crippen LogP contribution in [-0.4, -0.2) is 68.9 Å². The zero-order chi connectivity index (χ0) is 23.8. The molecule has 1 aromatic carbocycles. The smallest absolute Gasteiger partial charge is 0.310 e. The molecule has 3 aliphatic rings. The lowest BCUT2D eigenvalue weighted by Crippen LogP contribution is -2.64. The van der Waals surface area contributed by atoms with Crippen molar-refractivity contribution in [2.24, 2.45) is 5.92 Å². The van der Waals surface area contributed by atoms with E-state index < -0.39 is 47.2 Å². The molecule has 1 aliphatic carbocycles. The van der Waals surface area contributed by atoms with Crippen molar-refractivity contribution in [3.8, 4) is 6.07 Å². The maximum atomic E-state index is 13.4. The summed E-state index contributed by atoms with van der Waals surface area (Å²) >= 11 is 0. The maximum Gasteiger partial charge on any atom is 0.310 e. The second-order valence-corrected chi connectivity index (χ2v) is 8.46. The van der Waals surface area contributed by atoms with E-state index >= 15 is 0 Å². The van der Waals surface area contributed by atoms with E-state index in [1.807, 2.05) is 6.07 Å². The van der Waals surface area contributed by atoms with Gasteiger partial charge in [-0.2, -0.15) is 5.26 Å². The minimum atomic E-state index is -1.52. The number of hydrazine groups is 1. The highest BCUT2D eigenvalue weighted by molar-refractivity contribution is 6.00. The van der Waals surface area contributed by atoms with Crippen LogP contribution in [0.5, 0.6) is 0 Å². The molecule has 0 aromatic heterocycles. The van der Waals surface area contributed by atoms with E-state index in [2.05, 4.69) is 10.6 Å². The first-order valence-corrected chi connectivity index (χ1v) is 10.7. The number of carbonyl (C=O) groups excluding carboxylic acids is 4. The Morgan fingerprint density at radius 2 is 1.88 bits per heavy atom. The first-order chi connectivity index (χ1) is 15.8. The number of nitriles is 1. The number of amides is 4. The van der Waals surface area contributed by atoms with Gasteiger partial charge in [-0.25, -0.2) is 5.01 Å². The highest BCUT2D eigenvalue weighted by Crippen LogP contribution is 2.43. The van der Waals surface area contributed by atoms with Crippen LogP contribution in [0.4, 0.5) is 0 Å². The van der Waals surface area contributed by atoms with Crippen LogP contribution in [0.15, 0.2) is 30.3 Å². The summed E-state index contributed by atoms with van der Waals surface area (Å²) < 4.78 is 0. The van der Waals surface area contributed by atoms with Crippen molar-refractivity contribution in [2.45, 2.75) is 49.7 Å². The fourth-order valence-corrected chi connectivity index (χ4v) is 4.39. The Kier molecular flexibility index (Phi) is 5.76. The van der Waals surface area contributed by atoms with E-state index in [9.17, 15) is 34.3 Å². The summed E-state index contributed by atoms with van der Waals surface area (Å²) in [6.45, 7) is 0.245. The first kappa shape index (κ1) is 22.3. The van der Waals surface area contributed by atoms with Crippen LogP contribution < -0.4 is 10.6 Å². The molecule has 1 saturated carbocycles. The van der Waals surface area contributed by atoms with Crippen molar-refractivity contribution in [1.82, 2.24) is 20.7 Å². The monoisotopic (exact) mass is 453 g/mol. The average Bonchev–Trinajstić information content (AvgIpc) is 3.57. The molecule has 0 bridgehead atoms. The Bertz CT molecular complexity index is 1050. The van der Waals surface area contributed by atoms with Crippen LogP contribution in [0.2, 0.25) is 0 Å². The van der Waals surface area contributed by atoms with E-state index in [4.69, 9.17) is 0 Å². The summed E-state index contributed by atoms with van der Waals surface area (Å²) in [5.74, 6) is -4.32. The topological polar surface area (TPSA) is 160 Å². The molecule has 3 fully saturated rings. The van der Waals surface area contributed by atoms with Crippen LogP contribution in [0.1, 0.15) is 42.5 Å². The Morgan fingerprint density at radius 1 is 1.15 bits per heavy atom. The summed E-state index contributed by atoms with van der Waals surface area (Å²) in [6, 6.07) is 8.07. The van der Waals surface area contributed by atoms with Gasteiger partial charge in [0.15, 0.2) is 0 Å². The lowest BCUT2D eigenvalue weighted by Gasteiger charge is -2.43. The first-order valence-electron chi connectivity index (χ1n) is 10.7. The molecule has 4 rings (SSSR count). The van der Waals surface area contributed by atoms with Gasteiger partial charge in [-0.05, 0) is 31.4 Å². The van der Waals surface area contributed by atoms with Gasteiger partial charge < -0.3 is 15.7 Å². The molecule has 11 heteroatoms. The fraction of sp³-hybridized carbons (Fsp3) is 0.455. The third kappa shape index (κ3) is 4.11. The third-order valence-electron chi connectivity index (χ3n) is 6.31. The lowest BCUT2D eigenvalue weighted by molar-refractivity contribution is -0.176. The van der Waals surface area contributed by atoms with Crippen molar-refractivity contribution in [3.05, 3.63) is 35.9 Å². The average molecular weight is 453 g/mol. The SMILES string of the molecule is N#CC1(NC(=O)[C@@H]2CCCN3C(=O)CC[C@H](NC(=O)c4ccccc4)C(=O)N23)C[C@H]1C(=O)O. The van der Waals surface area contributed by atoms with Crippen molar-refractivity contribution >= 4 is 29.6 Å². The molecule has 1 unspecified atom stereocenters. The van der Waals surface area contributed by atoms with E-state index in [1.54, 1.807) is 30.3 Å². The van der Waals surface area contributed by atoms with Crippen molar-refractivity contribution < 1.29 is 29.1 Å². The van der Waals surface area contributed by atoms with Gasteiger partial charge in [-0.15, -0.1) is 0 Å². The van der Waals surface area contributed by atoms with Gasteiger partial charge in [0.05, 0.1) is 12.0 Å². The number of aliphatic carboxylic acids is 1. The molecule has 0 radical (unpaired) electrons. The molecule has 11 nitrogen and oxygen atoms in total. The normalized spacial score (nSPS) is 28.8. The van der Waals surface area contributed by atoms with Gasteiger partial charge in [0.1, 0.15) is 17.6 Å². The predicted octanol–water partition coefficient (Wildman–Crippen LogP) is -0.204.